The monoisotopic (exact) mass is 487 g/mol. The summed E-state index contributed by atoms with van der Waals surface area (Å²) in [6.45, 7) is 8.48. The van der Waals surface area contributed by atoms with Crippen molar-refractivity contribution in [3.8, 4) is 5.75 Å². The van der Waals surface area contributed by atoms with E-state index in [-0.39, 0.29) is 24.3 Å². The fourth-order valence-corrected chi connectivity index (χ4v) is 4.18. The van der Waals surface area contributed by atoms with Gasteiger partial charge in [0.1, 0.15) is 12.4 Å². The van der Waals surface area contributed by atoms with Crippen LogP contribution in [0.5, 0.6) is 5.75 Å². The van der Waals surface area contributed by atoms with Crippen molar-refractivity contribution in [2.45, 2.75) is 57.8 Å². The quantitative estimate of drug-likeness (QED) is 0.308. The van der Waals surface area contributed by atoms with E-state index in [0.717, 1.165) is 28.9 Å². The highest BCUT2D eigenvalue weighted by atomic mass is 35.5. The molecule has 0 radical (unpaired) electrons. The predicted octanol–water partition coefficient (Wildman–Crippen LogP) is 5.02. The average Bonchev–Trinajstić information content (AvgIpc) is 3.14. The molecule has 0 aliphatic rings. The second-order valence-corrected chi connectivity index (χ2v) is 9.50. The van der Waals surface area contributed by atoms with Crippen molar-refractivity contribution in [1.82, 2.24) is 20.2 Å². The summed E-state index contributed by atoms with van der Waals surface area (Å²) in [5.74, 6) is 7.87. The molecular weight excluding hydrogens is 458 g/mol. The van der Waals surface area contributed by atoms with Gasteiger partial charge in [0.15, 0.2) is 5.82 Å². The number of amides is 1. The number of nitrogens with zero attached hydrogens (tertiary/aromatic N) is 3. The van der Waals surface area contributed by atoms with Crippen molar-refractivity contribution in [2.75, 3.05) is 11.6 Å². The van der Waals surface area contributed by atoms with E-state index < -0.39 is 0 Å². The Morgan fingerprint density at radius 1 is 1.21 bits per heavy atom. The zero-order valence-electron chi connectivity index (χ0n) is 19.3. The van der Waals surface area contributed by atoms with Gasteiger partial charge in [0.25, 0.3) is 0 Å². The number of carbonyl (C=O) groups excluding carboxylic acids is 1. The minimum atomic E-state index is -0.107. The van der Waals surface area contributed by atoms with Gasteiger partial charge in [0.2, 0.25) is 11.1 Å². The van der Waals surface area contributed by atoms with E-state index in [1.165, 1.54) is 16.4 Å². The maximum Gasteiger partial charge on any atom is 0.230 e. The van der Waals surface area contributed by atoms with Crippen LogP contribution in [0.3, 0.4) is 0 Å². The summed E-state index contributed by atoms with van der Waals surface area (Å²) in [6.07, 6.45) is 0.768. The molecule has 3 aromatic rings. The Labute approximate surface area is 204 Å². The molecule has 1 amide bonds. The van der Waals surface area contributed by atoms with Crippen molar-refractivity contribution in [3.63, 3.8) is 0 Å². The molecule has 0 fully saturated rings. The molecule has 3 rings (SSSR count). The highest BCUT2D eigenvalue weighted by molar-refractivity contribution is 7.99. The summed E-state index contributed by atoms with van der Waals surface area (Å²) >= 11 is 7.19. The Bertz CT molecular complexity index is 1080. The van der Waals surface area contributed by atoms with Gasteiger partial charge in [0.05, 0.1) is 11.8 Å². The van der Waals surface area contributed by atoms with E-state index in [4.69, 9.17) is 22.2 Å². The Kier molecular flexibility index (Phi) is 8.63. The molecule has 0 aliphatic heterocycles. The fourth-order valence-electron chi connectivity index (χ4n) is 3.37. The van der Waals surface area contributed by atoms with E-state index in [9.17, 15) is 4.79 Å². The van der Waals surface area contributed by atoms with E-state index >= 15 is 0 Å². The van der Waals surface area contributed by atoms with E-state index in [1.54, 1.807) is 0 Å². The zero-order chi connectivity index (χ0) is 24.0. The van der Waals surface area contributed by atoms with Crippen LogP contribution in [0, 0.1) is 6.92 Å². The van der Waals surface area contributed by atoms with Gasteiger partial charge >= 0.3 is 0 Å². The van der Waals surface area contributed by atoms with E-state index in [1.807, 2.05) is 44.2 Å². The molecule has 7 nitrogen and oxygen atoms in total. The third kappa shape index (κ3) is 6.65. The summed E-state index contributed by atoms with van der Waals surface area (Å²) in [6, 6.07) is 13.6. The number of halogens is 1. The molecule has 1 atom stereocenters. The number of aromatic nitrogens is 3. The molecule has 0 saturated heterocycles. The number of nitrogen functional groups attached to an aromatic ring is 1. The summed E-state index contributed by atoms with van der Waals surface area (Å²) in [5, 5.41) is 12.4. The lowest BCUT2D eigenvalue weighted by atomic mass is 10.0. The topological polar surface area (TPSA) is 95.1 Å². The average molecular weight is 488 g/mol. The van der Waals surface area contributed by atoms with Gasteiger partial charge in [-0.3, -0.25) is 4.79 Å². The number of ether oxygens (including phenoxy) is 1. The molecule has 1 heterocycles. The van der Waals surface area contributed by atoms with Gasteiger partial charge in [-0.2, -0.15) is 0 Å². The third-order valence-corrected chi connectivity index (χ3v) is 6.43. The van der Waals surface area contributed by atoms with Gasteiger partial charge in [-0.25, -0.2) is 4.68 Å². The van der Waals surface area contributed by atoms with Gasteiger partial charge in [-0.1, -0.05) is 68.4 Å². The van der Waals surface area contributed by atoms with Crippen molar-refractivity contribution < 1.29 is 9.53 Å². The van der Waals surface area contributed by atoms with Gasteiger partial charge < -0.3 is 15.9 Å². The van der Waals surface area contributed by atoms with Crippen LogP contribution in [0.1, 0.15) is 61.7 Å². The number of thioether (sulfide) groups is 1. The fraction of sp³-hybridized carbons (Fsp3) is 0.375. The first-order chi connectivity index (χ1) is 15.8. The number of rotatable bonds is 10. The molecular formula is C24H30ClN5O2S. The lowest BCUT2D eigenvalue weighted by Crippen LogP contribution is -2.29. The van der Waals surface area contributed by atoms with Crippen molar-refractivity contribution in [3.05, 3.63) is 70.0 Å². The highest BCUT2D eigenvalue weighted by Crippen LogP contribution is 2.28. The van der Waals surface area contributed by atoms with Crippen LogP contribution in [0.4, 0.5) is 0 Å². The Morgan fingerprint density at radius 2 is 1.94 bits per heavy atom. The van der Waals surface area contributed by atoms with Crippen molar-refractivity contribution in [2.24, 2.45) is 0 Å². The molecule has 3 N–H and O–H groups in total. The number of hydrogen-bond acceptors (Lipinski definition) is 6. The van der Waals surface area contributed by atoms with Crippen LogP contribution in [-0.4, -0.2) is 26.5 Å². The molecule has 1 aromatic heterocycles. The molecule has 0 aliphatic carbocycles. The van der Waals surface area contributed by atoms with E-state index in [0.29, 0.717) is 21.9 Å². The Balaban J connectivity index is 1.57. The molecule has 2 aromatic carbocycles. The highest BCUT2D eigenvalue weighted by Gasteiger charge is 2.17. The second kappa shape index (κ2) is 11.4. The Hall–Kier alpha value is -2.71. The SMILES string of the molecule is CCC(NC(=O)CSc1nnc(COc2cc(C)ccc2C(C)C)n1N)c1ccc(Cl)cc1. The number of aryl methyl sites for hydroxylation is 1. The molecule has 0 bridgehead atoms. The first-order valence-corrected chi connectivity index (χ1v) is 12.2. The van der Waals surface area contributed by atoms with Gasteiger partial charge in [0, 0.05) is 5.02 Å². The minimum Gasteiger partial charge on any atom is -0.485 e. The van der Waals surface area contributed by atoms with Crippen LogP contribution >= 0.6 is 23.4 Å². The molecule has 0 saturated carbocycles. The second-order valence-electron chi connectivity index (χ2n) is 8.12. The van der Waals surface area contributed by atoms with Crippen LogP contribution in [0.15, 0.2) is 47.6 Å². The van der Waals surface area contributed by atoms with Crippen LogP contribution in [-0.2, 0) is 11.4 Å². The summed E-state index contributed by atoms with van der Waals surface area (Å²) in [5.41, 5.74) is 3.26. The summed E-state index contributed by atoms with van der Waals surface area (Å²) < 4.78 is 7.38. The van der Waals surface area contributed by atoms with Gasteiger partial charge in [-0.05, 0) is 54.2 Å². The maximum absolute atomic E-state index is 12.5. The number of nitrogens with two attached hydrogens (primary N) is 1. The standard InChI is InChI=1S/C24H30ClN5O2S/c1-5-20(17-7-9-18(25)10-8-17)27-23(31)14-33-24-29-28-22(30(24)26)13-32-21-12-16(4)6-11-19(21)15(2)3/h6-12,15,20H,5,13-14,26H2,1-4H3,(H,27,31). The minimum absolute atomic E-state index is 0.0837. The smallest absolute Gasteiger partial charge is 0.230 e. The number of benzene rings is 2. The molecule has 176 valence electrons. The lowest BCUT2D eigenvalue weighted by Gasteiger charge is -2.17. The number of carbonyl (C=O) groups is 1. The first-order valence-electron chi connectivity index (χ1n) is 10.9. The predicted molar refractivity (Wildman–Crippen MR) is 133 cm³/mol. The van der Waals surface area contributed by atoms with Crippen molar-refractivity contribution in [1.29, 1.82) is 0 Å². The zero-order valence-corrected chi connectivity index (χ0v) is 20.9. The van der Waals surface area contributed by atoms with E-state index in [2.05, 4.69) is 41.5 Å². The largest absolute Gasteiger partial charge is 0.485 e. The van der Waals surface area contributed by atoms with Gasteiger partial charge in [-0.15, -0.1) is 10.2 Å². The molecule has 33 heavy (non-hydrogen) atoms. The van der Waals surface area contributed by atoms with Crippen molar-refractivity contribution >= 4 is 29.3 Å². The third-order valence-electron chi connectivity index (χ3n) is 5.23. The molecule has 0 spiro atoms. The first kappa shape index (κ1) is 24.9. The lowest BCUT2D eigenvalue weighted by molar-refractivity contribution is -0.119. The van der Waals surface area contributed by atoms with Crippen LogP contribution in [0.25, 0.3) is 0 Å². The number of hydrogen-bond donors (Lipinski definition) is 2. The van der Waals surface area contributed by atoms with Crippen LogP contribution < -0.4 is 15.9 Å². The maximum atomic E-state index is 12.5. The molecule has 9 heteroatoms. The summed E-state index contributed by atoms with van der Waals surface area (Å²) in [4.78, 5) is 12.5. The Morgan fingerprint density at radius 3 is 2.61 bits per heavy atom. The summed E-state index contributed by atoms with van der Waals surface area (Å²) in [7, 11) is 0. The normalized spacial score (nSPS) is 12.1. The van der Waals surface area contributed by atoms with Crippen LogP contribution in [0.2, 0.25) is 5.02 Å². The molecule has 1 unspecified atom stereocenters. The number of nitrogens with one attached hydrogen (secondary N) is 1.